The minimum Gasteiger partial charge on any atom is -0.333 e. The number of nitrogens with zero attached hydrogens (tertiary/aromatic N) is 4. The highest BCUT2D eigenvalue weighted by molar-refractivity contribution is 6.04. The Morgan fingerprint density at radius 3 is 3.04 bits per heavy atom. The van der Waals surface area contributed by atoms with Crippen LogP contribution >= 0.6 is 0 Å². The van der Waals surface area contributed by atoms with E-state index in [4.69, 9.17) is 0 Å². The van der Waals surface area contributed by atoms with Gasteiger partial charge in [-0.3, -0.25) is 14.5 Å². The van der Waals surface area contributed by atoms with Crippen molar-refractivity contribution in [3.63, 3.8) is 0 Å². The molecule has 4 rings (SSSR count). The molecular weight excluding hydrogens is 318 g/mol. The molecule has 7 heteroatoms. The summed E-state index contributed by atoms with van der Waals surface area (Å²) in [5.41, 5.74) is 1.46. The van der Waals surface area contributed by atoms with Gasteiger partial charge in [-0.05, 0) is 19.1 Å². The number of carbonyl (C=O) groups excluding carboxylic acids is 2. The van der Waals surface area contributed by atoms with Gasteiger partial charge in [-0.2, -0.15) is 0 Å². The Morgan fingerprint density at radius 1 is 1.32 bits per heavy atom. The predicted octanol–water partition coefficient (Wildman–Crippen LogP) is 1.46. The van der Waals surface area contributed by atoms with Gasteiger partial charge in [0.25, 0.3) is 0 Å². The molecule has 0 saturated heterocycles. The van der Waals surface area contributed by atoms with Crippen LogP contribution in [-0.2, 0) is 22.7 Å². The van der Waals surface area contributed by atoms with Crippen molar-refractivity contribution in [1.82, 2.24) is 14.5 Å². The monoisotopic (exact) mass is 339 g/mol. The van der Waals surface area contributed by atoms with E-state index in [9.17, 15) is 9.59 Å². The maximum atomic E-state index is 13.1. The standard InChI is InChI=1S/C18H21N5O2/c1-13-10-17(24)20-14-4-2-3-5-15(14)23(13)18(25)12-21-8-9-22-7-6-19-16(22)11-21/h2-7,13H,8-12H2,1H3,(H,20,24). The van der Waals surface area contributed by atoms with E-state index >= 15 is 0 Å². The average molecular weight is 339 g/mol. The summed E-state index contributed by atoms with van der Waals surface area (Å²) in [6.45, 7) is 4.56. The summed E-state index contributed by atoms with van der Waals surface area (Å²) in [5.74, 6) is 0.937. The van der Waals surface area contributed by atoms with Gasteiger partial charge in [0.1, 0.15) is 5.82 Å². The lowest BCUT2D eigenvalue weighted by Gasteiger charge is -2.32. The zero-order valence-corrected chi connectivity index (χ0v) is 14.2. The molecule has 1 atom stereocenters. The molecule has 1 N–H and O–H groups in total. The van der Waals surface area contributed by atoms with Crippen LogP contribution in [0.2, 0.25) is 0 Å². The molecule has 0 spiro atoms. The number of anilines is 2. The van der Waals surface area contributed by atoms with Gasteiger partial charge in [-0.15, -0.1) is 0 Å². The van der Waals surface area contributed by atoms with Crippen LogP contribution < -0.4 is 10.2 Å². The van der Waals surface area contributed by atoms with Crippen LogP contribution in [0.15, 0.2) is 36.7 Å². The third-order valence-corrected chi connectivity index (χ3v) is 4.81. The van der Waals surface area contributed by atoms with Crippen LogP contribution in [0.3, 0.4) is 0 Å². The smallest absolute Gasteiger partial charge is 0.241 e. The molecule has 1 aromatic heterocycles. The Morgan fingerprint density at radius 2 is 2.16 bits per heavy atom. The maximum Gasteiger partial charge on any atom is 0.241 e. The number of nitrogens with one attached hydrogen (secondary N) is 1. The first-order chi connectivity index (χ1) is 12.1. The molecule has 0 fully saturated rings. The fourth-order valence-corrected chi connectivity index (χ4v) is 3.59. The summed E-state index contributed by atoms with van der Waals surface area (Å²) in [7, 11) is 0. The second-order valence-electron chi connectivity index (χ2n) is 6.63. The number of hydrogen-bond donors (Lipinski definition) is 1. The SMILES string of the molecule is CC1CC(=O)Nc2ccccc2N1C(=O)CN1CCn2ccnc2C1. The quantitative estimate of drug-likeness (QED) is 0.899. The van der Waals surface area contributed by atoms with Crippen molar-refractivity contribution >= 4 is 23.2 Å². The van der Waals surface area contributed by atoms with Crippen molar-refractivity contribution in [2.45, 2.75) is 32.5 Å². The minimum atomic E-state index is -0.178. The van der Waals surface area contributed by atoms with Crippen LogP contribution in [0.4, 0.5) is 11.4 Å². The summed E-state index contributed by atoms with van der Waals surface area (Å²) < 4.78 is 2.12. The molecule has 1 unspecified atom stereocenters. The van der Waals surface area contributed by atoms with Gasteiger partial charge in [-0.1, -0.05) is 12.1 Å². The van der Waals surface area contributed by atoms with Crippen LogP contribution in [0.25, 0.3) is 0 Å². The minimum absolute atomic E-state index is 0.0106. The van der Waals surface area contributed by atoms with E-state index in [1.54, 1.807) is 11.1 Å². The Kier molecular flexibility index (Phi) is 4.01. The highest BCUT2D eigenvalue weighted by Gasteiger charge is 2.31. The van der Waals surface area contributed by atoms with Crippen molar-refractivity contribution in [1.29, 1.82) is 0 Å². The Labute approximate surface area is 146 Å². The highest BCUT2D eigenvalue weighted by atomic mass is 16.2. The van der Waals surface area contributed by atoms with Crippen molar-refractivity contribution < 1.29 is 9.59 Å². The molecule has 2 amide bonds. The molecule has 0 saturated carbocycles. The normalized spacial score (nSPS) is 20.4. The summed E-state index contributed by atoms with van der Waals surface area (Å²) in [5, 5.41) is 2.89. The highest BCUT2D eigenvalue weighted by Crippen LogP contribution is 2.31. The van der Waals surface area contributed by atoms with Crippen LogP contribution in [-0.4, -0.2) is 45.4 Å². The number of hydrogen-bond acceptors (Lipinski definition) is 4. The maximum absolute atomic E-state index is 13.1. The van der Waals surface area contributed by atoms with Gasteiger partial charge in [-0.25, -0.2) is 4.98 Å². The number of fused-ring (bicyclic) bond motifs is 2. The molecule has 1 aromatic carbocycles. The molecule has 130 valence electrons. The lowest BCUT2D eigenvalue weighted by molar-refractivity contribution is -0.120. The number of para-hydroxylation sites is 2. The van der Waals surface area contributed by atoms with E-state index in [1.165, 1.54) is 0 Å². The molecule has 0 radical (unpaired) electrons. The third-order valence-electron chi connectivity index (χ3n) is 4.81. The zero-order chi connectivity index (χ0) is 17.4. The van der Waals surface area contributed by atoms with Gasteiger partial charge >= 0.3 is 0 Å². The number of carbonyl (C=O) groups is 2. The molecule has 2 aliphatic rings. The molecule has 0 bridgehead atoms. The van der Waals surface area contributed by atoms with Gasteiger partial charge in [0.2, 0.25) is 11.8 Å². The molecule has 3 heterocycles. The molecule has 0 aliphatic carbocycles. The van der Waals surface area contributed by atoms with E-state index < -0.39 is 0 Å². The molecule has 2 aromatic rings. The summed E-state index contributed by atoms with van der Waals surface area (Å²) in [4.78, 5) is 33.3. The summed E-state index contributed by atoms with van der Waals surface area (Å²) in [6.07, 6.45) is 4.06. The number of rotatable bonds is 2. The second kappa shape index (κ2) is 6.33. The Bertz CT molecular complexity index is 815. The largest absolute Gasteiger partial charge is 0.333 e. The Hall–Kier alpha value is -2.67. The first-order valence-electron chi connectivity index (χ1n) is 8.55. The van der Waals surface area contributed by atoms with Gasteiger partial charge in [0.05, 0.1) is 24.5 Å². The van der Waals surface area contributed by atoms with E-state index in [0.717, 1.165) is 24.6 Å². The molecule has 7 nitrogen and oxygen atoms in total. The van der Waals surface area contributed by atoms with E-state index in [2.05, 4.69) is 19.8 Å². The fraction of sp³-hybridized carbons (Fsp3) is 0.389. The predicted molar refractivity (Wildman–Crippen MR) is 94.1 cm³/mol. The first-order valence-corrected chi connectivity index (χ1v) is 8.55. The number of amides is 2. The topological polar surface area (TPSA) is 70.5 Å². The summed E-state index contributed by atoms with van der Waals surface area (Å²) >= 11 is 0. The van der Waals surface area contributed by atoms with E-state index in [-0.39, 0.29) is 17.9 Å². The fourth-order valence-electron chi connectivity index (χ4n) is 3.59. The van der Waals surface area contributed by atoms with E-state index in [1.807, 2.05) is 37.4 Å². The van der Waals surface area contributed by atoms with Gasteiger partial charge < -0.3 is 14.8 Å². The average Bonchev–Trinajstić information content (AvgIpc) is 2.99. The van der Waals surface area contributed by atoms with Crippen molar-refractivity contribution in [3.05, 3.63) is 42.5 Å². The van der Waals surface area contributed by atoms with Crippen LogP contribution in [0, 0.1) is 0 Å². The lowest BCUT2D eigenvalue weighted by atomic mass is 10.1. The lowest BCUT2D eigenvalue weighted by Crippen LogP contribution is -2.46. The van der Waals surface area contributed by atoms with E-state index in [0.29, 0.717) is 25.2 Å². The first kappa shape index (κ1) is 15.8. The van der Waals surface area contributed by atoms with Crippen molar-refractivity contribution in [2.24, 2.45) is 0 Å². The molecular formula is C18H21N5O2. The third kappa shape index (κ3) is 3.02. The number of benzene rings is 1. The Balaban J connectivity index is 1.56. The summed E-state index contributed by atoms with van der Waals surface area (Å²) in [6, 6.07) is 7.30. The second-order valence-corrected chi connectivity index (χ2v) is 6.63. The van der Waals surface area contributed by atoms with Gasteiger partial charge in [0.15, 0.2) is 0 Å². The zero-order valence-electron chi connectivity index (χ0n) is 14.2. The van der Waals surface area contributed by atoms with Crippen LogP contribution in [0.5, 0.6) is 0 Å². The molecule has 2 aliphatic heterocycles. The van der Waals surface area contributed by atoms with Gasteiger partial charge in [0, 0.05) is 37.9 Å². The van der Waals surface area contributed by atoms with Crippen molar-refractivity contribution in [2.75, 3.05) is 23.3 Å². The number of aromatic nitrogens is 2. The molecule has 25 heavy (non-hydrogen) atoms. The number of imidazole rings is 1. The van der Waals surface area contributed by atoms with Crippen LogP contribution in [0.1, 0.15) is 19.2 Å². The van der Waals surface area contributed by atoms with Crippen molar-refractivity contribution in [3.8, 4) is 0 Å².